The molecule has 0 saturated carbocycles. The van der Waals surface area contributed by atoms with Gasteiger partial charge in [0.1, 0.15) is 5.54 Å². The van der Waals surface area contributed by atoms with Gasteiger partial charge in [-0.2, -0.15) is 0 Å². The number of esters is 1. The lowest BCUT2D eigenvalue weighted by molar-refractivity contribution is -0.149. The molecule has 1 aliphatic rings. The molecule has 0 aliphatic carbocycles. The van der Waals surface area contributed by atoms with E-state index < -0.39 is 5.54 Å². The second-order valence-electron chi connectivity index (χ2n) is 4.65. The summed E-state index contributed by atoms with van der Waals surface area (Å²) in [7, 11) is 5.20. The standard InChI is InChI=1S/C12H24N2O3/c1-14-8-4-5-12(6-9-14,11(15)17-3)13-7-10-16-2/h13H,4-10H2,1-3H3. The number of rotatable bonds is 5. The fourth-order valence-electron chi connectivity index (χ4n) is 2.31. The predicted octanol–water partition coefficient (Wildman–Crippen LogP) is 0.250. The summed E-state index contributed by atoms with van der Waals surface area (Å²) in [6.45, 7) is 3.23. The van der Waals surface area contributed by atoms with E-state index in [0.29, 0.717) is 13.2 Å². The molecule has 0 spiro atoms. The Bertz CT molecular complexity index is 248. The Morgan fingerprint density at radius 1 is 1.35 bits per heavy atom. The Balaban J connectivity index is 2.66. The monoisotopic (exact) mass is 244 g/mol. The van der Waals surface area contributed by atoms with Crippen molar-refractivity contribution in [1.29, 1.82) is 0 Å². The zero-order valence-corrected chi connectivity index (χ0v) is 11.1. The molecule has 1 atom stereocenters. The van der Waals surface area contributed by atoms with Crippen molar-refractivity contribution in [2.45, 2.75) is 24.8 Å². The smallest absolute Gasteiger partial charge is 0.326 e. The van der Waals surface area contributed by atoms with Crippen LogP contribution in [0, 0.1) is 0 Å². The van der Waals surface area contributed by atoms with Crippen molar-refractivity contribution in [1.82, 2.24) is 10.2 Å². The first-order valence-corrected chi connectivity index (χ1v) is 6.15. The highest BCUT2D eigenvalue weighted by atomic mass is 16.5. The Hall–Kier alpha value is -0.650. The molecule has 100 valence electrons. The molecule has 1 N–H and O–H groups in total. The van der Waals surface area contributed by atoms with Crippen LogP contribution in [0.4, 0.5) is 0 Å². The fourth-order valence-corrected chi connectivity index (χ4v) is 2.31. The molecule has 17 heavy (non-hydrogen) atoms. The molecule has 0 aromatic heterocycles. The van der Waals surface area contributed by atoms with Crippen molar-refractivity contribution in [3.63, 3.8) is 0 Å². The van der Waals surface area contributed by atoms with Gasteiger partial charge < -0.3 is 14.4 Å². The molecule has 1 unspecified atom stereocenters. The average Bonchev–Trinajstić information content (AvgIpc) is 2.52. The van der Waals surface area contributed by atoms with Gasteiger partial charge in [-0.25, -0.2) is 0 Å². The quantitative estimate of drug-likeness (QED) is 0.555. The van der Waals surface area contributed by atoms with Gasteiger partial charge in [0.05, 0.1) is 13.7 Å². The highest BCUT2D eigenvalue weighted by Crippen LogP contribution is 2.23. The number of carbonyl (C=O) groups excluding carboxylic acids is 1. The Morgan fingerprint density at radius 2 is 2.12 bits per heavy atom. The van der Waals surface area contributed by atoms with Gasteiger partial charge in [0, 0.05) is 20.2 Å². The Labute approximate surface area is 103 Å². The van der Waals surface area contributed by atoms with Gasteiger partial charge in [0.2, 0.25) is 0 Å². The highest BCUT2D eigenvalue weighted by Gasteiger charge is 2.39. The lowest BCUT2D eigenvalue weighted by atomic mass is 9.90. The van der Waals surface area contributed by atoms with Gasteiger partial charge in [0.15, 0.2) is 0 Å². The van der Waals surface area contributed by atoms with Crippen molar-refractivity contribution in [3.8, 4) is 0 Å². The summed E-state index contributed by atoms with van der Waals surface area (Å²) >= 11 is 0. The third-order valence-corrected chi connectivity index (χ3v) is 3.41. The van der Waals surface area contributed by atoms with Crippen LogP contribution in [0.15, 0.2) is 0 Å². The molecule has 1 heterocycles. The number of nitrogens with zero attached hydrogens (tertiary/aromatic N) is 1. The van der Waals surface area contributed by atoms with Crippen LogP contribution >= 0.6 is 0 Å². The molecule has 0 bridgehead atoms. The maximum atomic E-state index is 12.0. The van der Waals surface area contributed by atoms with Crippen molar-refractivity contribution >= 4 is 5.97 Å². The minimum Gasteiger partial charge on any atom is -0.468 e. The summed E-state index contributed by atoms with van der Waals surface area (Å²) < 4.78 is 9.97. The third-order valence-electron chi connectivity index (χ3n) is 3.41. The van der Waals surface area contributed by atoms with E-state index in [1.54, 1.807) is 7.11 Å². The lowest BCUT2D eigenvalue weighted by Crippen LogP contribution is -2.54. The first-order chi connectivity index (χ1) is 8.14. The van der Waals surface area contributed by atoms with Gasteiger partial charge in [0.25, 0.3) is 0 Å². The molecular formula is C12H24N2O3. The van der Waals surface area contributed by atoms with E-state index in [4.69, 9.17) is 9.47 Å². The second-order valence-corrected chi connectivity index (χ2v) is 4.65. The summed E-state index contributed by atoms with van der Waals surface area (Å²) in [4.78, 5) is 14.3. The van der Waals surface area contributed by atoms with E-state index in [1.807, 2.05) is 0 Å². The number of nitrogens with one attached hydrogen (secondary N) is 1. The zero-order chi connectivity index (χ0) is 12.7. The van der Waals surface area contributed by atoms with Crippen LogP contribution in [0.3, 0.4) is 0 Å². The van der Waals surface area contributed by atoms with Crippen LogP contribution < -0.4 is 5.32 Å². The van der Waals surface area contributed by atoms with E-state index in [0.717, 1.165) is 32.4 Å². The van der Waals surface area contributed by atoms with Gasteiger partial charge in [-0.15, -0.1) is 0 Å². The van der Waals surface area contributed by atoms with E-state index >= 15 is 0 Å². The zero-order valence-electron chi connectivity index (χ0n) is 11.1. The number of ether oxygens (including phenoxy) is 2. The third kappa shape index (κ3) is 3.94. The highest BCUT2D eigenvalue weighted by molar-refractivity contribution is 5.80. The molecule has 0 aromatic rings. The molecule has 1 rings (SSSR count). The summed E-state index contributed by atoms with van der Waals surface area (Å²) in [5, 5.41) is 3.32. The van der Waals surface area contributed by atoms with Crippen molar-refractivity contribution in [2.24, 2.45) is 0 Å². The van der Waals surface area contributed by atoms with Crippen LogP contribution in [0.1, 0.15) is 19.3 Å². The molecule has 0 radical (unpaired) electrons. The molecule has 0 amide bonds. The fraction of sp³-hybridized carbons (Fsp3) is 0.917. The van der Waals surface area contributed by atoms with E-state index in [9.17, 15) is 4.79 Å². The number of hydrogen-bond donors (Lipinski definition) is 1. The number of hydrogen-bond acceptors (Lipinski definition) is 5. The molecule has 0 aromatic carbocycles. The Kier molecular flexibility index (Phi) is 5.88. The Morgan fingerprint density at radius 3 is 2.76 bits per heavy atom. The summed E-state index contributed by atoms with van der Waals surface area (Å²) in [5.74, 6) is -0.149. The first kappa shape index (κ1) is 14.4. The largest absolute Gasteiger partial charge is 0.468 e. The van der Waals surface area contributed by atoms with Gasteiger partial charge in [-0.1, -0.05) is 0 Å². The van der Waals surface area contributed by atoms with Crippen LogP contribution in [-0.4, -0.2) is 63.9 Å². The minimum atomic E-state index is -0.530. The van der Waals surface area contributed by atoms with Gasteiger partial charge in [-0.05, 0) is 32.9 Å². The topological polar surface area (TPSA) is 50.8 Å². The summed E-state index contributed by atoms with van der Waals surface area (Å²) in [6, 6.07) is 0. The number of methoxy groups -OCH3 is 2. The molecule has 5 nitrogen and oxygen atoms in total. The van der Waals surface area contributed by atoms with Crippen LogP contribution in [-0.2, 0) is 14.3 Å². The summed E-state index contributed by atoms with van der Waals surface area (Å²) in [6.07, 6.45) is 2.62. The maximum Gasteiger partial charge on any atom is 0.326 e. The average molecular weight is 244 g/mol. The normalized spacial score (nSPS) is 26.5. The predicted molar refractivity (Wildman–Crippen MR) is 66.0 cm³/mol. The summed E-state index contributed by atoms with van der Waals surface area (Å²) in [5.41, 5.74) is -0.530. The van der Waals surface area contributed by atoms with Crippen LogP contribution in [0.2, 0.25) is 0 Å². The lowest BCUT2D eigenvalue weighted by Gasteiger charge is -2.31. The van der Waals surface area contributed by atoms with E-state index in [1.165, 1.54) is 7.11 Å². The molecule has 5 heteroatoms. The van der Waals surface area contributed by atoms with E-state index in [-0.39, 0.29) is 5.97 Å². The second kappa shape index (κ2) is 6.93. The number of carbonyl (C=O) groups is 1. The maximum absolute atomic E-state index is 12.0. The van der Waals surface area contributed by atoms with Crippen molar-refractivity contribution in [3.05, 3.63) is 0 Å². The SMILES string of the molecule is COCCNC1(C(=O)OC)CCCN(C)CC1. The van der Waals surface area contributed by atoms with Crippen LogP contribution in [0.5, 0.6) is 0 Å². The van der Waals surface area contributed by atoms with E-state index in [2.05, 4.69) is 17.3 Å². The first-order valence-electron chi connectivity index (χ1n) is 6.15. The minimum absolute atomic E-state index is 0.149. The van der Waals surface area contributed by atoms with Gasteiger partial charge in [-0.3, -0.25) is 10.1 Å². The molecule has 1 aliphatic heterocycles. The molecular weight excluding hydrogens is 220 g/mol. The van der Waals surface area contributed by atoms with Crippen molar-refractivity contribution < 1.29 is 14.3 Å². The van der Waals surface area contributed by atoms with Crippen LogP contribution in [0.25, 0.3) is 0 Å². The molecule has 1 saturated heterocycles. The van der Waals surface area contributed by atoms with Gasteiger partial charge >= 0.3 is 5.97 Å². The molecule has 1 fully saturated rings. The van der Waals surface area contributed by atoms with Crippen molar-refractivity contribution in [2.75, 3.05) is 47.5 Å². The number of likely N-dealkylation sites (tertiary alicyclic amines) is 1.